The highest BCUT2D eigenvalue weighted by Crippen LogP contribution is 2.32. The molecule has 0 saturated heterocycles. The molecule has 4 nitrogen and oxygen atoms in total. The molecule has 3 rings (SSSR count). The van der Waals surface area contributed by atoms with Crippen molar-refractivity contribution in [1.82, 2.24) is 0 Å². The summed E-state index contributed by atoms with van der Waals surface area (Å²) in [6, 6.07) is 28.3. The second-order valence-electron chi connectivity index (χ2n) is 7.17. The van der Waals surface area contributed by atoms with Crippen LogP contribution in [0.1, 0.15) is 26.7 Å². The zero-order valence-electron chi connectivity index (χ0n) is 18.1. The largest absolute Gasteiger partial charge is 0.461 e. The topological polar surface area (TPSA) is 52.6 Å². The number of alkyl halides is 1. The Bertz CT molecular complexity index is 968. The molecule has 0 aliphatic carbocycles. The number of carbonyl (C=O) groups is 2. The van der Waals surface area contributed by atoms with E-state index < -0.39 is 16.9 Å². The lowest BCUT2D eigenvalue weighted by atomic mass is 10.2. The van der Waals surface area contributed by atoms with Gasteiger partial charge in [-0.15, -0.1) is 0 Å². The first-order chi connectivity index (χ1) is 15.5. The number of benzene rings is 3. The van der Waals surface area contributed by atoms with Crippen LogP contribution in [0, 0.1) is 0 Å². The van der Waals surface area contributed by atoms with Crippen LogP contribution in [0.15, 0.2) is 99.6 Å². The average Bonchev–Trinajstić information content (AvgIpc) is 2.81. The second kappa shape index (κ2) is 11.9. The Labute approximate surface area is 200 Å². The maximum absolute atomic E-state index is 12.4. The van der Waals surface area contributed by atoms with Gasteiger partial charge in [0.05, 0.1) is 17.3 Å². The summed E-state index contributed by atoms with van der Waals surface area (Å²) in [7, 11) is -0.260. The summed E-state index contributed by atoms with van der Waals surface area (Å²) in [5, 5.41) is 0. The molecule has 0 aliphatic heterocycles. The third kappa shape index (κ3) is 6.71. The van der Waals surface area contributed by atoms with Crippen molar-refractivity contribution in [2.75, 3.05) is 0 Å². The highest BCUT2D eigenvalue weighted by Gasteiger charge is 2.28. The number of esters is 2. The lowest BCUT2D eigenvalue weighted by molar-refractivity contribution is -0.151. The van der Waals surface area contributed by atoms with Crippen molar-refractivity contribution in [1.29, 1.82) is 0 Å². The standard InChI is InChI=1S/C26H26BrO4S/c1-3-20(31-26(29)19(2)27)18-25(28)30-21-14-16-24(17-15-21)32(22-10-6-4-7-11-22)23-12-8-5-9-13-23/h4-17,19-20H,3,18H2,1-2H3/q+1. The van der Waals surface area contributed by atoms with E-state index in [1.54, 1.807) is 6.92 Å². The minimum atomic E-state index is -0.503. The Hall–Kier alpha value is -2.57. The molecule has 3 aromatic rings. The van der Waals surface area contributed by atoms with Gasteiger partial charge < -0.3 is 9.47 Å². The third-order valence-electron chi connectivity index (χ3n) is 4.71. The number of hydrogen-bond donors (Lipinski definition) is 0. The Morgan fingerprint density at radius 2 is 1.34 bits per heavy atom. The number of ether oxygens (including phenoxy) is 2. The van der Waals surface area contributed by atoms with Crippen molar-refractivity contribution in [3.63, 3.8) is 0 Å². The van der Waals surface area contributed by atoms with Gasteiger partial charge in [-0.2, -0.15) is 0 Å². The number of rotatable bonds is 9. The van der Waals surface area contributed by atoms with Crippen molar-refractivity contribution in [3.05, 3.63) is 84.9 Å². The molecule has 166 valence electrons. The number of halogens is 1. The minimum absolute atomic E-state index is 0.0160. The lowest BCUT2D eigenvalue weighted by Crippen LogP contribution is -2.26. The maximum atomic E-state index is 12.4. The zero-order valence-corrected chi connectivity index (χ0v) is 20.5. The highest BCUT2D eigenvalue weighted by molar-refractivity contribution is 9.10. The van der Waals surface area contributed by atoms with Gasteiger partial charge in [-0.05, 0) is 61.9 Å². The monoisotopic (exact) mass is 513 g/mol. The molecule has 0 heterocycles. The van der Waals surface area contributed by atoms with Gasteiger partial charge in [0.15, 0.2) is 14.7 Å². The van der Waals surface area contributed by atoms with Crippen LogP contribution >= 0.6 is 15.9 Å². The van der Waals surface area contributed by atoms with Crippen molar-refractivity contribution in [2.45, 2.75) is 52.3 Å². The van der Waals surface area contributed by atoms with Gasteiger partial charge in [-0.3, -0.25) is 9.59 Å². The summed E-state index contributed by atoms with van der Waals surface area (Å²) in [4.78, 5) is 27.3. The first kappa shape index (κ1) is 24.1. The molecule has 0 aromatic heterocycles. The molecule has 0 N–H and O–H groups in total. The smallest absolute Gasteiger partial charge is 0.319 e. The van der Waals surface area contributed by atoms with E-state index in [0.717, 1.165) is 4.90 Å². The van der Waals surface area contributed by atoms with Crippen molar-refractivity contribution in [2.24, 2.45) is 0 Å². The van der Waals surface area contributed by atoms with E-state index in [0.29, 0.717) is 12.2 Å². The maximum Gasteiger partial charge on any atom is 0.319 e. The molecule has 2 atom stereocenters. The van der Waals surface area contributed by atoms with Gasteiger partial charge >= 0.3 is 11.9 Å². The first-order valence-corrected chi connectivity index (χ1v) is 12.6. The Morgan fingerprint density at radius 3 is 1.81 bits per heavy atom. The second-order valence-corrected chi connectivity index (χ2v) is 10.6. The van der Waals surface area contributed by atoms with Crippen LogP contribution < -0.4 is 4.74 Å². The molecule has 32 heavy (non-hydrogen) atoms. The predicted molar refractivity (Wildman–Crippen MR) is 130 cm³/mol. The molecule has 0 bridgehead atoms. The molecule has 6 heteroatoms. The molecular weight excluding hydrogens is 488 g/mol. The van der Waals surface area contributed by atoms with Crippen LogP contribution in [0.4, 0.5) is 0 Å². The molecule has 2 unspecified atom stereocenters. The van der Waals surface area contributed by atoms with Crippen molar-refractivity contribution < 1.29 is 19.1 Å². The molecule has 3 aromatic carbocycles. The summed E-state index contributed by atoms with van der Waals surface area (Å²) < 4.78 is 10.8. The molecule has 0 amide bonds. The van der Waals surface area contributed by atoms with Crippen molar-refractivity contribution >= 4 is 38.8 Å². The minimum Gasteiger partial charge on any atom is -0.461 e. The summed E-state index contributed by atoms with van der Waals surface area (Å²) in [6.45, 7) is 3.56. The SMILES string of the molecule is CCC(CC(=O)Oc1ccc([S+](c2ccccc2)c2ccccc2)cc1)OC(=O)C(C)Br. The van der Waals surface area contributed by atoms with E-state index in [-0.39, 0.29) is 23.3 Å². The molecular formula is C26H26BrO4S+. The predicted octanol–water partition coefficient (Wildman–Crippen LogP) is 6.18. The summed E-state index contributed by atoms with van der Waals surface area (Å²) in [5.74, 6) is -0.342. The van der Waals surface area contributed by atoms with E-state index >= 15 is 0 Å². The Kier molecular flexibility index (Phi) is 8.94. The molecule has 0 aliphatic rings. The Morgan fingerprint density at radius 1 is 0.844 bits per heavy atom. The average molecular weight is 514 g/mol. The van der Waals surface area contributed by atoms with Crippen LogP contribution in [0.3, 0.4) is 0 Å². The fourth-order valence-corrected chi connectivity index (χ4v) is 5.24. The zero-order chi connectivity index (χ0) is 22.9. The third-order valence-corrected chi connectivity index (χ3v) is 7.31. The fourth-order valence-electron chi connectivity index (χ4n) is 3.05. The van der Waals surface area contributed by atoms with E-state index in [1.165, 1.54) is 9.79 Å². The van der Waals surface area contributed by atoms with E-state index in [1.807, 2.05) is 67.6 Å². The fraction of sp³-hybridized carbons (Fsp3) is 0.231. The summed E-state index contributed by atoms with van der Waals surface area (Å²) >= 11 is 3.18. The molecule has 0 radical (unpaired) electrons. The van der Waals surface area contributed by atoms with Gasteiger partial charge in [-0.25, -0.2) is 0 Å². The first-order valence-electron chi connectivity index (χ1n) is 10.5. The number of hydrogen-bond acceptors (Lipinski definition) is 4. The molecule has 0 fully saturated rings. The highest BCUT2D eigenvalue weighted by atomic mass is 79.9. The quantitative estimate of drug-likeness (QED) is 0.148. The van der Waals surface area contributed by atoms with Gasteiger partial charge in [-0.1, -0.05) is 59.3 Å². The van der Waals surface area contributed by atoms with Crippen LogP contribution in [-0.4, -0.2) is 22.9 Å². The van der Waals surface area contributed by atoms with Crippen LogP contribution in [0.5, 0.6) is 5.75 Å². The van der Waals surface area contributed by atoms with Gasteiger partial charge in [0.1, 0.15) is 16.7 Å². The van der Waals surface area contributed by atoms with Gasteiger partial charge in [0.25, 0.3) is 0 Å². The summed E-state index contributed by atoms with van der Waals surface area (Å²) in [5.41, 5.74) is 0. The normalized spacial score (nSPS) is 12.8. The van der Waals surface area contributed by atoms with Crippen molar-refractivity contribution in [3.8, 4) is 5.75 Å². The van der Waals surface area contributed by atoms with E-state index in [4.69, 9.17) is 9.47 Å². The van der Waals surface area contributed by atoms with E-state index in [2.05, 4.69) is 40.2 Å². The molecule has 0 spiro atoms. The van der Waals surface area contributed by atoms with Crippen LogP contribution in [0.25, 0.3) is 0 Å². The summed E-state index contributed by atoms with van der Waals surface area (Å²) in [6.07, 6.45) is 0.0507. The van der Waals surface area contributed by atoms with Gasteiger partial charge in [0, 0.05) is 0 Å². The van der Waals surface area contributed by atoms with E-state index in [9.17, 15) is 9.59 Å². The molecule has 0 saturated carbocycles. The van der Waals surface area contributed by atoms with Crippen LogP contribution in [0.2, 0.25) is 0 Å². The lowest BCUT2D eigenvalue weighted by Gasteiger charge is -2.16. The Balaban J connectivity index is 1.71. The number of carbonyl (C=O) groups excluding carboxylic acids is 2. The van der Waals surface area contributed by atoms with Crippen LogP contribution in [-0.2, 0) is 25.2 Å². The van der Waals surface area contributed by atoms with Gasteiger partial charge in [0.2, 0.25) is 0 Å².